The van der Waals surface area contributed by atoms with Gasteiger partial charge in [0.25, 0.3) is 5.91 Å². The molecule has 0 aliphatic carbocycles. The van der Waals surface area contributed by atoms with Crippen molar-refractivity contribution in [1.82, 2.24) is 20.0 Å². The quantitative estimate of drug-likeness (QED) is 0.758. The summed E-state index contributed by atoms with van der Waals surface area (Å²) < 4.78 is 18.7. The fraction of sp³-hybridized carbons (Fsp3) is 0.350. The molecule has 1 aliphatic rings. The Bertz CT molecular complexity index is 931. The van der Waals surface area contributed by atoms with Gasteiger partial charge in [0.1, 0.15) is 5.82 Å². The summed E-state index contributed by atoms with van der Waals surface area (Å²) in [5, 5.41) is 4.05. The van der Waals surface area contributed by atoms with Crippen molar-refractivity contribution >= 4 is 5.91 Å². The third kappa shape index (κ3) is 3.37. The molecule has 0 bridgehead atoms. The van der Waals surface area contributed by atoms with Gasteiger partial charge in [-0.3, -0.25) is 4.79 Å². The van der Waals surface area contributed by atoms with Gasteiger partial charge in [0, 0.05) is 23.8 Å². The molecule has 7 heteroatoms. The van der Waals surface area contributed by atoms with Gasteiger partial charge in [-0.05, 0) is 63.1 Å². The van der Waals surface area contributed by atoms with Gasteiger partial charge in [0.05, 0.1) is 11.6 Å². The van der Waals surface area contributed by atoms with E-state index < -0.39 is 0 Å². The van der Waals surface area contributed by atoms with E-state index in [1.807, 2.05) is 30.9 Å². The van der Waals surface area contributed by atoms with Crippen molar-refractivity contribution in [2.45, 2.75) is 38.1 Å². The molecule has 1 aromatic carbocycles. The lowest BCUT2D eigenvalue weighted by atomic mass is 9.84. The summed E-state index contributed by atoms with van der Waals surface area (Å²) in [6, 6.07) is 9.41. The molecule has 1 N–H and O–H groups in total. The SMILES string of the molecule is CC1(C)CCC(c2nc(-c3ccc[nH]3)no2)CN1C(=O)c1ccc(F)cc1. The van der Waals surface area contributed by atoms with Crippen molar-refractivity contribution in [1.29, 1.82) is 0 Å². The van der Waals surface area contributed by atoms with E-state index in [2.05, 4.69) is 15.1 Å². The Balaban J connectivity index is 1.57. The van der Waals surface area contributed by atoms with E-state index >= 15 is 0 Å². The molecular weight excluding hydrogens is 347 g/mol. The lowest BCUT2D eigenvalue weighted by Crippen LogP contribution is -2.52. The number of aromatic amines is 1. The molecule has 1 amide bonds. The van der Waals surface area contributed by atoms with E-state index in [9.17, 15) is 9.18 Å². The average molecular weight is 368 g/mol. The van der Waals surface area contributed by atoms with Crippen molar-refractivity contribution in [2.24, 2.45) is 0 Å². The fourth-order valence-corrected chi connectivity index (χ4v) is 3.51. The van der Waals surface area contributed by atoms with Crippen LogP contribution in [0.1, 0.15) is 48.9 Å². The summed E-state index contributed by atoms with van der Waals surface area (Å²) >= 11 is 0. The van der Waals surface area contributed by atoms with E-state index in [0.29, 0.717) is 23.8 Å². The van der Waals surface area contributed by atoms with Gasteiger partial charge in [0.15, 0.2) is 0 Å². The van der Waals surface area contributed by atoms with Gasteiger partial charge in [-0.15, -0.1) is 0 Å². The molecule has 6 nitrogen and oxygen atoms in total. The maximum absolute atomic E-state index is 13.2. The van der Waals surface area contributed by atoms with Crippen LogP contribution in [-0.2, 0) is 0 Å². The largest absolute Gasteiger partial charge is 0.359 e. The number of nitrogens with zero attached hydrogens (tertiary/aromatic N) is 3. The molecule has 3 heterocycles. The average Bonchev–Trinajstić information content (AvgIpc) is 3.33. The maximum Gasteiger partial charge on any atom is 0.254 e. The van der Waals surface area contributed by atoms with Crippen LogP contribution >= 0.6 is 0 Å². The van der Waals surface area contributed by atoms with Gasteiger partial charge in [-0.2, -0.15) is 4.98 Å². The number of H-pyrrole nitrogens is 1. The Hall–Kier alpha value is -2.96. The third-order valence-electron chi connectivity index (χ3n) is 5.20. The van der Waals surface area contributed by atoms with Gasteiger partial charge in [-0.1, -0.05) is 5.16 Å². The number of amides is 1. The molecule has 4 rings (SSSR count). The highest BCUT2D eigenvalue weighted by molar-refractivity contribution is 5.94. The summed E-state index contributed by atoms with van der Waals surface area (Å²) in [5.41, 5.74) is 0.965. The summed E-state index contributed by atoms with van der Waals surface area (Å²) in [5.74, 6) is 0.542. The molecule has 0 saturated carbocycles. The van der Waals surface area contributed by atoms with Crippen LogP contribution in [0.3, 0.4) is 0 Å². The lowest BCUT2D eigenvalue weighted by molar-refractivity contribution is 0.0364. The van der Waals surface area contributed by atoms with Crippen molar-refractivity contribution in [3.8, 4) is 11.5 Å². The summed E-state index contributed by atoms with van der Waals surface area (Å²) in [7, 11) is 0. The van der Waals surface area contributed by atoms with Crippen molar-refractivity contribution in [3.05, 3.63) is 59.9 Å². The number of likely N-dealkylation sites (tertiary alicyclic amines) is 1. The van der Waals surface area contributed by atoms with E-state index in [1.165, 1.54) is 24.3 Å². The van der Waals surface area contributed by atoms with Crippen LogP contribution in [0.4, 0.5) is 4.39 Å². The number of carbonyl (C=O) groups excluding carboxylic acids is 1. The highest BCUT2D eigenvalue weighted by atomic mass is 19.1. The normalized spacial score (nSPS) is 19.2. The summed E-state index contributed by atoms with van der Waals surface area (Å²) in [4.78, 5) is 22.4. The summed E-state index contributed by atoms with van der Waals surface area (Å²) in [6.07, 6.45) is 3.47. The van der Waals surface area contributed by atoms with E-state index in [4.69, 9.17) is 4.52 Å². The number of carbonyl (C=O) groups is 1. The Labute approximate surface area is 156 Å². The van der Waals surface area contributed by atoms with Crippen LogP contribution in [0, 0.1) is 5.82 Å². The number of halogens is 1. The number of nitrogens with one attached hydrogen (secondary N) is 1. The molecule has 140 valence electrons. The number of aromatic nitrogens is 3. The zero-order chi connectivity index (χ0) is 19.0. The molecule has 27 heavy (non-hydrogen) atoms. The number of piperidine rings is 1. The predicted octanol–water partition coefficient (Wildman–Crippen LogP) is 4.00. The second-order valence-corrected chi connectivity index (χ2v) is 7.51. The first-order chi connectivity index (χ1) is 12.9. The molecule has 2 aromatic heterocycles. The smallest absolute Gasteiger partial charge is 0.254 e. The standard InChI is InChI=1S/C20H21FN4O2/c1-20(2)10-9-14(18-23-17(24-27-18)16-4-3-11-22-16)12-25(20)19(26)13-5-7-15(21)8-6-13/h3-8,11,14,22H,9-10,12H2,1-2H3. The molecule has 1 aliphatic heterocycles. The monoisotopic (exact) mass is 368 g/mol. The van der Waals surface area contributed by atoms with Crippen LogP contribution in [0.25, 0.3) is 11.5 Å². The highest BCUT2D eigenvalue weighted by Crippen LogP contribution is 2.36. The number of hydrogen-bond donors (Lipinski definition) is 1. The van der Waals surface area contributed by atoms with Crippen LogP contribution in [0.2, 0.25) is 0 Å². The van der Waals surface area contributed by atoms with E-state index in [-0.39, 0.29) is 23.2 Å². The second kappa shape index (κ2) is 6.64. The predicted molar refractivity (Wildman–Crippen MR) is 97.6 cm³/mol. The van der Waals surface area contributed by atoms with Gasteiger partial charge >= 0.3 is 0 Å². The first-order valence-corrected chi connectivity index (χ1v) is 8.99. The molecule has 0 radical (unpaired) electrons. The van der Waals surface area contributed by atoms with Gasteiger partial charge in [0.2, 0.25) is 11.7 Å². The zero-order valence-electron chi connectivity index (χ0n) is 15.3. The maximum atomic E-state index is 13.2. The minimum Gasteiger partial charge on any atom is -0.359 e. The van der Waals surface area contributed by atoms with Crippen molar-refractivity contribution in [2.75, 3.05) is 6.54 Å². The number of rotatable bonds is 3. The molecule has 1 fully saturated rings. The second-order valence-electron chi connectivity index (χ2n) is 7.51. The third-order valence-corrected chi connectivity index (χ3v) is 5.20. The first-order valence-electron chi connectivity index (χ1n) is 8.99. The zero-order valence-corrected chi connectivity index (χ0v) is 15.3. The lowest BCUT2D eigenvalue weighted by Gasteiger charge is -2.44. The minimum absolute atomic E-state index is 0.0290. The van der Waals surface area contributed by atoms with Crippen LogP contribution < -0.4 is 0 Å². The molecule has 3 aromatic rings. The van der Waals surface area contributed by atoms with Gasteiger partial charge in [-0.25, -0.2) is 4.39 Å². The summed E-state index contributed by atoms with van der Waals surface area (Å²) in [6.45, 7) is 4.57. The van der Waals surface area contributed by atoms with Crippen LogP contribution in [-0.4, -0.2) is 38.0 Å². The topological polar surface area (TPSA) is 75.0 Å². The Morgan fingerprint density at radius 3 is 2.78 bits per heavy atom. The minimum atomic E-state index is -0.356. The molecular formula is C20H21FN4O2. The van der Waals surface area contributed by atoms with Crippen molar-refractivity contribution in [3.63, 3.8) is 0 Å². The first kappa shape index (κ1) is 17.5. The van der Waals surface area contributed by atoms with E-state index in [0.717, 1.165) is 18.5 Å². The molecule has 1 saturated heterocycles. The molecule has 1 unspecified atom stereocenters. The fourth-order valence-electron chi connectivity index (χ4n) is 3.51. The Morgan fingerprint density at radius 2 is 2.07 bits per heavy atom. The van der Waals surface area contributed by atoms with Crippen molar-refractivity contribution < 1.29 is 13.7 Å². The Kier molecular flexibility index (Phi) is 4.30. The van der Waals surface area contributed by atoms with Gasteiger partial charge < -0.3 is 14.4 Å². The Morgan fingerprint density at radius 1 is 1.30 bits per heavy atom. The number of hydrogen-bond acceptors (Lipinski definition) is 4. The molecule has 1 atom stereocenters. The highest BCUT2D eigenvalue weighted by Gasteiger charge is 2.39. The van der Waals surface area contributed by atoms with Crippen LogP contribution in [0.15, 0.2) is 47.1 Å². The molecule has 0 spiro atoms. The van der Waals surface area contributed by atoms with E-state index in [1.54, 1.807) is 6.20 Å². The van der Waals surface area contributed by atoms with Crippen LogP contribution in [0.5, 0.6) is 0 Å². The number of benzene rings is 1.